The average Bonchev–Trinajstić information content (AvgIpc) is 2.75. The lowest BCUT2D eigenvalue weighted by atomic mass is 9.98. The van der Waals surface area contributed by atoms with Gasteiger partial charge < -0.3 is 4.74 Å². The molecule has 2 aromatic rings. The minimum Gasteiger partial charge on any atom is -0.497 e. The van der Waals surface area contributed by atoms with Gasteiger partial charge >= 0.3 is 0 Å². The van der Waals surface area contributed by atoms with E-state index < -0.39 is 0 Å². The minimum absolute atomic E-state index is 0.0640. The third kappa shape index (κ3) is 1.95. The van der Waals surface area contributed by atoms with E-state index in [1.165, 1.54) is 5.56 Å². The van der Waals surface area contributed by atoms with E-state index in [0.717, 1.165) is 28.0 Å². The second-order valence-corrected chi connectivity index (χ2v) is 4.70. The number of carbonyl (C=O) groups is 1. The summed E-state index contributed by atoms with van der Waals surface area (Å²) in [5.41, 5.74) is 4.93. The van der Waals surface area contributed by atoms with Crippen molar-refractivity contribution in [2.24, 2.45) is 0 Å². The molecule has 0 fully saturated rings. The zero-order valence-electron chi connectivity index (χ0n) is 10.9. The summed E-state index contributed by atoms with van der Waals surface area (Å²) < 4.78 is 5.24. The molecule has 0 N–H and O–H groups in total. The molecule has 1 aliphatic carbocycles. The Balaban J connectivity index is 2.16. The third-order valence-corrected chi connectivity index (χ3v) is 3.39. The van der Waals surface area contributed by atoms with Gasteiger partial charge in [-0.25, -0.2) is 0 Å². The SMILES string of the molecule is COc1ccc2c(c1)C(c1cccc(C)c1)=CC2=O. The van der Waals surface area contributed by atoms with Crippen LogP contribution in [-0.4, -0.2) is 12.9 Å². The Bertz CT molecular complexity index is 696. The van der Waals surface area contributed by atoms with Gasteiger partial charge in [0, 0.05) is 5.56 Å². The highest BCUT2D eigenvalue weighted by Gasteiger charge is 2.22. The zero-order valence-corrected chi connectivity index (χ0v) is 10.9. The van der Waals surface area contributed by atoms with Crippen LogP contribution in [0.4, 0.5) is 0 Å². The van der Waals surface area contributed by atoms with Crippen LogP contribution in [0.15, 0.2) is 48.5 Å². The highest BCUT2D eigenvalue weighted by Crippen LogP contribution is 2.35. The van der Waals surface area contributed by atoms with Crippen molar-refractivity contribution in [3.05, 3.63) is 70.8 Å². The molecule has 1 aliphatic rings. The van der Waals surface area contributed by atoms with E-state index in [1.54, 1.807) is 13.2 Å². The van der Waals surface area contributed by atoms with Crippen LogP contribution in [-0.2, 0) is 0 Å². The van der Waals surface area contributed by atoms with Crippen LogP contribution in [0.2, 0.25) is 0 Å². The van der Waals surface area contributed by atoms with Crippen molar-refractivity contribution >= 4 is 11.4 Å². The van der Waals surface area contributed by atoms with Crippen molar-refractivity contribution in [3.8, 4) is 5.75 Å². The van der Waals surface area contributed by atoms with Gasteiger partial charge in [-0.3, -0.25) is 4.79 Å². The summed E-state index contributed by atoms with van der Waals surface area (Å²) in [6.45, 7) is 2.05. The van der Waals surface area contributed by atoms with Gasteiger partial charge in [-0.15, -0.1) is 0 Å². The van der Waals surface area contributed by atoms with E-state index in [4.69, 9.17) is 4.74 Å². The lowest BCUT2D eigenvalue weighted by Crippen LogP contribution is -1.93. The van der Waals surface area contributed by atoms with E-state index >= 15 is 0 Å². The van der Waals surface area contributed by atoms with E-state index in [0.29, 0.717) is 0 Å². The van der Waals surface area contributed by atoms with Gasteiger partial charge in [0.15, 0.2) is 5.78 Å². The number of methoxy groups -OCH3 is 1. The summed E-state index contributed by atoms with van der Waals surface area (Å²) in [6, 6.07) is 13.8. The minimum atomic E-state index is 0.0640. The standard InChI is InChI=1S/C17H14O2/c1-11-4-3-5-12(8-11)15-10-17(18)14-7-6-13(19-2)9-16(14)15/h3-10H,1-2H3. The lowest BCUT2D eigenvalue weighted by molar-refractivity contribution is 0.105. The molecule has 0 spiro atoms. The molecule has 0 aliphatic heterocycles. The first-order valence-corrected chi connectivity index (χ1v) is 6.20. The topological polar surface area (TPSA) is 26.3 Å². The number of hydrogen-bond donors (Lipinski definition) is 0. The number of rotatable bonds is 2. The number of allylic oxidation sites excluding steroid dienone is 1. The number of carbonyl (C=O) groups excluding carboxylic acids is 1. The van der Waals surface area contributed by atoms with Crippen molar-refractivity contribution in [2.45, 2.75) is 6.92 Å². The number of benzene rings is 2. The number of ketones is 1. The van der Waals surface area contributed by atoms with Crippen molar-refractivity contribution in [2.75, 3.05) is 7.11 Å². The van der Waals surface area contributed by atoms with Gasteiger partial charge in [0.25, 0.3) is 0 Å². The Morgan fingerprint density at radius 3 is 2.58 bits per heavy atom. The Hall–Kier alpha value is -2.35. The number of hydrogen-bond acceptors (Lipinski definition) is 2. The molecule has 0 unspecified atom stereocenters. The van der Waals surface area contributed by atoms with Gasteiger partial charge in [-0.05, 0) is 47.9 Å². The molecule has 3 rings (SSSR count). The van der Waals surface area contributed by atoms with Crippen molar-refractivity contribution < 1.29 is 9.53 Å². The van der Waals surface area contributed by atoms with Crippen LogP contribution in [0.5, 0.6) is 5.75 Å². The number of fused-ring (bicyclic) bond motifs is 1. The van der Waals surface area contributed by atoms with Crippen molar-refractivity contribution in [1.82, 2.24) is 0 Å². The molecular weight excluding hydrogens is 236 g/mol. The summed E-state index contributed by atoms with van der Waals surface area (Å²) in [4.78, 5) is 12.0. The van der Waals surface area contributed by atoms with E-state index in [2.05, 4.69) is 6.07 Å². The molecule has 0 saturated heterocycles. The molecule has 0 amide bonds. The van der Waals surface area contributed by atoms with Crippen LogP contribution >= 0.6 is 0 Å². The molecule has 19 heavy (non-hydrogen) atoms. The van der Waals surface area contributed by atoms with E-state index in [-0.39, 0.29) is 5.78 Å². The smallest absolute Gasteiger partial charge is 0.187 e. The molecule has 0 saturated carbocycles. The Morgan fingerprint density at radius 1 is 1.00 bits per heavy atom. The number of ether oxygens (including phenoxy) is 1. The van der Waals surface area contributed by atoms with Crippen LogP contribution in [0, 0.1) is 6.92 Å². The fourth-order valence-electron chi connectivity index (χ4n) is 2.43. The maximum absolute atomic E-state index is 12.0. The summed E-state index contributed by atoms with van der Waals surface area (Å²) in [5, 5.41) is 0. The Morgan fingerprint density at radius 2 is 1.84 bits per heavy atom. The van der Waals surface area contributed by atoms with Crippen molar-refractivity contribution in [1.29, 1.82) is 0 Å². The van der Waals surface area contributed by atoms with Gasteiger partial charge in [0.1, 0.15) is 5.75 Å². The fraction of sp³-hybridized carbons (Fsp3) is 0.118. The van der Waals surface area contributed by atoms with E-state index in [1.807, 2.05) is 43.3 Å². The van der Waals surface area contributed by atoms with Gasteiger partial charge in [0.05, 0.1) is 7.11 Å². The zero-order chi connectivity index (χ0) is 13.4. The largest absolute Gasteiger partial charge is 0.497 e. The molecule has 0 radical (unpaired) electrons. The second-order valence-electron chi connectivity index (χ2n) is 4.70. The average molecular weight is 250 g/mol. The predicted octanol–water partition coefficient (Wildman–Crippen LogP) is 3.63. The monoisotopic (exact) mass is 250 g/mol. The summed E-state index contributed by atoms with van der Waals surface area (Å²) in [6.07, 6.45) is 1.71. The third-order valence-electron chi connectivity index (χ3n) is 3.39. The molecule has 0 atom stereocenters. The van der Waals surface area contributed by atoms with Gasteiger partial charge in [-0.2, -0.15) is 0 Å². The first-order chi connectivity index (χ1) is 9.19. The maximum atomic E-state index is 12.0. The molecule has 0 heterocycles. The summed E-state index contributed by atoms with van der Waals surface area (Å²) in [7, 11) is 1.63. The Labute approximate surface area is 112 Å². The molecular formula is C17H14O2. The fourth-order valence-corrected chi connectivity index (χ4v) is 2.43. The molecule has 2 heteroatoms. The second kappa shape index (κ2) is 4.39. The quantitative estimate of drug-likeness (QED) is 0.813. The van der Waals surface area contributed by atoms with Gasteiger partial charge in [-0.1, -0.05) is 29.8 Å². The highest BCUT2D eigenvalue weighted by molar-refractivity contribution is 6.19. The van der Waals surface area contributed by atoms with E-state index in [9.17, 15) is 4.79 Å². The maximum Gasteiger partial charge on any atom is 0.187 e. The van der Waals surface area contributed by atoms with Crippen molar-refractivity contribution in [3.63, 3.8) is 0 Å². The molecule has 2 nitrogen and oxygen atoms in total. The molecule has 2 aromatic carbocycles. The molecule has 0 aromatic heterocycles. The normalized spacial score (nSPS) is 13.2. The highest BCUT2D eigenvalue weighted by atomic mass is 16.5. The molecule has 94 valence electrons. The van der Waals surface area contributed by atoms with Crippen LogP contribution in [0.3, 0.4) is 0 Å². The molecule has 0 bridgehead atoms. The summed E-state index contributed by atoms with van der Waals surface area (Å²) in [5.74, 6) is 0.834. The van der Waals surface area contributed by atoms with Crippen LogP contribution < -0.4 is 4.74 Å². The lowest BCUT2D eigenvalue weighted by Gasteiger charge is -2.08. The van der Waals surface area contributed by atoms with Crippen LogP contribution in [0.25, 0.3) is 5.57 Å². The first-order valence-electron chi connectivity index (χ1n) is 6.20. The first kappa shape index (κ1) is 11.7. The van der Waals surface area contributed by atoms with Gasteiger partial charge in [0.2, 0.25) is 0 Å². The van der Waals surface area contributed by atoms with Crippen LogP contribution in [0.1, 0.15) is 27.0 Å². The summed E-state index contributed by atoms with van der Waals surface area (Å²) >= 11 is 0. The predicted molar refractivity (Wildman–Crippen MR) is 75.6 cm³/mol. The Kier molecular flexibility index (Phi) is 2.71. The number of aryl methyl sites for hydroxylation is 1.